The zero-order valence-electron chi connectivity index (χ0n) is 17.3. The molecule has 0 saturated heterocycles. The molecule has 0 bridgehead atoms. The molecule has 0 radical (unpaired) electrons. The highest BCUT2D eigenvalue weighted by molar-refractivity contribution is 8.14. The van der Waals surface area contributed by atoms with Crippen molar-refractivity contribution in [2.45, 2.75) is 90.7 Å². The van der Waals surface area contributed by atoms with Gasteiger partial charge < -0.3 is 9.26 Å². The lowest BCUT2D eigenvalue weighted by Gasteiger charge is -2.20. The number of hydrogen-bond donors (Lipinski definition) is 0. The van der Waals surface area contributed by atoms with E-state index in [1.165, 1.54) is 43.9 Å². The molecule has 0 aliphatic heterocycles. The van der Waals surface area contributed by atoms with Crippen molar-refractivity contribution < 1.29 is 18.6 Å². The Morgan fingerprint density at radius 1 is 1.04 bits per heavy atom. The molecule has 0 N–H and O–H groups in total. The number of unbranched alkanes of at least 4 members (excludes halogenated alkanes) is 6. The van der Waals surface area contributed by atoms with Gasteiger partial charge in [0, 0.05) is 13.0 Å². The van der Waals surface area contributed by atoms with Crippen molar-refractivity contribution in [3.63, 3.8) is 0 Å². The summed E-state index contributed by atoms with van der Waals surface area (Å²) < 4.78 is 22.1. The Hall–Kier alpha value is 0.750. The van der Waals surface area contributed by atoms with Crippen molar-refractivity contribution in [3.05, 3.63) is 0 Å². The molecule has 0 aromatic rings. The highest BCUT2D eigenvalue weighted by atomic mass is 35.9. The molecule has 0 aromatic carbocycles. The first-order valence-electron chi connectivity index (χ1n) is 9.94. The lowest BCUT2D eigenvalue weighted by atomic mass is 9.93. The Morgan fingerprint density at radius 2 is 1.63 bits per heavy atom. The third-order valence-electron chi connectivity index (χ3n) is 3.99. The van der Waals surface area contributed by atoms with Crippen LogP contribution in [0.4, 0.5) is 0 Å². The molecule has 0 unspecified atom stereocenters. The van der Waals surface area contributed by atoms with Crippen LogP contribution in [0.15, 0.2) is 0 Å². The quantitative estimate of drug-likeness (QED) is 0.173. The summed E-state index contributed by atoms with van der Waals surface area (Å²) in [4.78, 5) is 12.2. The molecule has 8 heteroatoms. The number of halogens is 2. The zero-order chi connectivity index (χ0) is 20.8. The van der Waals surface area contributed by atoms with E-state index in [-0.39, 0.29) is 22.4 Å². The summed E-state index contributed by atoms with van der Waals surface area (Å²) >= 11 is 12.1. The van der Waals surface area contributed by atoms with Crippen molar-refractivity contribution in [2.75, 3.05) is 19.8 Å². The summed E-state index contributed by atoms with van der Waals surface area (Å²) in [5.74, 6) is 0. The SMILES string of the molecule is CCCCCCCCCC(=O)S[C@H](COCCC(C)(C)C)COP(=O)(Cl)Cl. The fourth-order valence-corrected chi connectivity index (χ4v) is 4.08. The van der Waals surface area contributed by atoms with Gasteiger partial charge >= 0.3 is 6.07 Å². The Balaban J connectivity index is 4.15. The van der Waals surface area contributed by atoms with Crippen LogP contribution in [0.3, 0.4) is 0 Å². The number of carbonyl (C=O) groups excluding carboxylic acids is 1. The normalized spacial score (nSPS) is 13.7. The summed E-state index contributed by atoms with van der Waals surface area (Å²) in [6, 6.07) is 0. The fourth-order valence-electron chi connectivity index (χ4n) is 2.35. The molecule has 0 aromatic heterocycles. The van der Waals surface area contributed by atoms with E-state index >= 15 is 0 Å². The second-order valence-electron chi connectivity index (χ2n) is 8.08. The first-order valence-corrected chi connectivity index (χ1v) is 14.3. The monoisotopic (exact) mass is 462 g/mol. The van der Waals surface area contributed by atoms with E-state index in [1.807, 2.05) is 0 Å². The smallest absolute Gasteiger partial charge is 0.380 e. The summed E-state index contributed by atoms with van der Waals surface area (Å²) in [5.41, 5.74) is 0.189. The Kier molecular flexibility index (Phi) is 16.0. The summed E-state index contributed by atoms with van der Waals surface area (Å²) in [6.07, 6.45) is 6.07. The van der Waals surface area contributed by atoms with Gasteiger partial charge in [-0.05, 0) is 40.7 Å². The highest BCUT2D eigenvalue weighted by Crippen LogP contribution is 2.57. The molecule has 0 fully saturated rings. The molecule has 0 spiro atoms. The average Bonchev–Trinajstić information content (AvgIpc) is 2.53. The average molecular weight is 463 g/mol. The third kappa shape index (κ3) is 21.3. The molecule has 0 amide bonds. The highest BCUT2D eigenvalue weighted by Gasteiger charge is 2.22. The van der Waals surface area contributed by atoms with Crippen LogP contribution in [0.2, 0.25) is 0 Å². The van der Waals surface area contributed by atoms with Crippen LogP contribution in [-0.4, -0.2) is 30.2 Å². The van der Waals surface area contributed by atoms with Crippen LogP contribution in [0, 0.1) is 5.41 Å². The predicted octanol–water partition coefficient (Wildman–Crippen LogP) is 7.81. The lowest BCUT2D eigenvalue weighted by molar-refractivity contribution is -0.111. The molecule has 27 heavy (non-hydrogen) atoms. The van der Waals surface area contributed by atoms with Gasteiger partial charge in [0.15, 0.2) is 5.12 Å². The molecule has 162 valence electrons. The molecule has 0 aliphatic rings. The maximum atomic E-state index is 12.2. The Labute approximate surface area is 179 Å². The summed E-state index contributed by atoms with van der Waals surface area (Å²) in [7, 11) is 0. The van der Waals surface area contributed by atoms with Crippen molar-refractivity contribution >= 4 is 45.4 Å². The molecule has 4 nitrogen and oxygen atoms in total. The van der Waals surface area contributed by atoms with Gasteiger partial charge in [0.05, 0.1) is 18.5 Å². The Bertz CT molecular complexity index is 438. The van der Waals surface area contributed by atoms with E-state index in [9.17, 15) is 9.36 Å². The first-order chi connectivity index (χ1) is 12.5. The molecule has 1 atom stereocenters. The van der Waals surface area contributed by atoms with Crippen molar-refractivity contribution in [3.8, 4) is 0 Å². The molecule has 0 saturated carbocycles. The molecule has 0 rings (SSSR count). The number of hydrogen-bond acceptors (Lipinski definition) is 5. The van der Waals surface area contributed by atoms with Gasteiger partial charge in [-0.3, -0.25) is 9.36 Å². The first kappa shape index (κ1) is 27.8. The molecular weight excluding hydrogens is 426 g/mol. The van der Waals surface area contributed by atoms with Crippen molar-refractivity contribution in [2.24, 2.45) is 5.41 Å². The Morgan fingerprint density at radius 3 is 2.19 bits per heavy atom. The standard InChI is InChI=1S/C19H37Cl2O4PS/c1-5-6-7-8-9-10-11-12-18(22)27-17(16-25-26(20,21)23)15-24-14-13-19(2,3)4/h17H,5-16H2,1-4H3/t17-/m1/s1. The van der Waals surface area contributed by atoms with Crippen molar-refractivity contribution in [1.29, 1.82) is 0 Å². The molecule has 0 heterocycles. The zero-order valence-corrected chi connectivity index (χ0v) is 20.5. The van der Waals surface area contributed by atoms with Crippen LogP contribution in [0.1, 0.15) is 85.5 Å². The van der Waals surface area contributed by atoms with Gasteiger partial charge in [-0.25, -0.2) is 0 Å². The maximum Gasteiger partial charge on any atom is 0.380 e. The number of rotatable bonds is 16. The second-order valence-corrected chi connectivity index (χ2v) is 13.7. The van der Waals surface area contributed by atoms with E-state index in [1.54, 1.807) is 0 Å². The molecular formula is C19H37Cl2O4PS. The summed E-state index contributed by atoms with van der Waals surface area (Å²) in [6.45, 7) is 9.63. The minimum atomic E-state index is -3.60. The van der Waals surface area contributed by atoms with E-state index in [4.69, 9.17) is 31.7 Å². The third-order valence-corrected chi connectivity index (χ3v) is 6.10. The van der Waals surface area contributed by atoms with Gasteiger partial charge in [0.25, 0.3) is 0 Å². The van der Waals surface area contributed by atoms with Crippen LogP contribution < -0.4 is 0 Å². The lowest BCUT2D eigenvalue weighted by Crippen LogP contribution is -2.21. The molecule has 0 aliphatic carbocycles. The maximum absolute atomic E-state index is 12.2. The van der Waals surface area contributed by atoms with Crippen LogP contribution >= 0.6 is 40.3 Å². The number of ether oxygens (including phenoxy) is 1. The van der Waals surface area contributed by atoms with Gasteiger partial charge in [-0.15, -0.1) is 0 Å². The van der Waals surface area contributed by atoms with E-state index < -0.39 is 6.07 Å². The second kappa shape index (κ2) is 15.6. The van der Waals surface area contributed by atoms with E-state index in [2.05, 4.69) is 27.7 Å². The number of thioether (sulfide) groups is 1. The van der Waals surface area contributed by atoms with Crippen LogP contribution in [-0.2, 0) is 18.6 Å². The minimum Gasteiger partial charge on any atom is -0.380 e. The summed E-state index contributed by atoms with van der Waals surface area (Å²) in [5, 5.41) is -0.150. The van der Waals surface area contributed by atoms with Gasteiger partial charge in [0.1, 0.15) is 0 Å². The number of carbonyl (C=O) groups is 1. The van der Waals surface area contributed by atoms with Gasteiger partial charge in [-0.1, -0.05) is 78.0 Å². The van der Waals surface area contributed by atoms with Gasteiger partial charge in [-0.2, -0.15) is 0 Å². The predicted molar refractivity (Wildman–Crippen MR) is 119 cm³/mol. The minimum absolute atomic E-state index is 0.0349. The largest absolute Gasteiger partial charge is 0.380 e. The van der Waals surface area contributed by atoms with Crippen LogP contribution in [0.5, 0.6) is 0 Å². The van der Waals surface area contributed by atoms with Crippen LogP contribution in [0.25, 0.3) is 0 Å². The van der Waals surface area contributed by atoms with E-state index in [0.29, 0.717) is 19.6 Å². The topological polar surface area (TPSA) is 52.6 Å². The fraction of sp³-hybridized carbons (Fsp3) is 0.947. The van der Waals surface area contributed by atoms with Crippen molar-refractivity contribution in [1.82, 2.24) is 0 Å². The van der Waals surface area contributed by atoms with Gasteiger partial charge in [0.2, 0.25) is 0 Å². The van der Waals surface area contributed by atoms with E-state index in [0.717, 1.165) is 19.3 Å².